The largest absolute Gasteiger partial charge is 0.435 e. The summed E-state index contributed by atoms with van der Waals surface area (Å²) >= 11 is 0. The Kier molecular flexibility index (Phi) is 3.52. The predicted octanol–water partition coefficient (Wildman–Crippen LogP) is 3.05. The Morgan fingerprint density at radius 3 is 2.92 bits per heavy atom. The van der Waals surface area contributed by atoms with Crippen LogP contribution in [-0.2, 0) is 23.8 Å². The van der Waals surface area contributed by atoms with Crippen molar-refractivity contribution in [2.75, 3.05) is 5.32 Å². The normalized spacial score (nSPS) is 17.5. The van der Waals surface area contributed by atoms with Gasteiger partial charge in [0.15, 0.2) is 5.69 Å². The number of benzene rings is 1. The number of alkyl halides is 3. The molecule has 25 heavy (non-hydrogen) atoms. The average molecular weight is 349 g/mol. The number of nitrogens with zero attached hydrogens (tertiary/aromatic N) is 2. The van der Waals surface area contributed by atoms with Gasteiger partial charge >= 0.3 is 6.18 Å². The van der Waals surface area contributed by atoms with Crippen LogP contribution in [0, 0.1) is 5.92 Å². The van der Waals surface area contributed by atoms with Gasteiger partial charge in [-0.05, 0) is 37.5 Å². The highest BCUT2D eigenvalue weighted by Gasteiger charge is 2.40. The lowest BCUT2D eigenvalue weighted by atomic mass is 9.85. The number of carbonyl (C=O) groups is 1. The Morgan fingerprint density at radius 1 is 1.28 bits per heavy atom. The molecule has 0 spiro atoms. The summed E-state index contributed by atoms with van der Waals surface area (Å²) in [5.74, 6) is -0.811. The monoisotopic (exact) mass is 349 g/mol. The first-order valence-electron chi connectivity index (χ1n) is 7.79. The van der Waals surface area contributed by atoms with Crippen molar-refractivity contribution in [2.45, 2.75) is 25.4 Å². The van der Waals surface area contributed by atoms with Gasteiger partial charge in [0.2, 0.25) is 5.91 Å². The van der Waals surface area contributed by atoms with E-state index in [9.17, 15) is 18.0 Å². The van der Waals surface area contributed by atoms with E-state index in [1.807, 2.05) is 0 Å². The summed E-state index contributed by atoms with van der Waals surface area (Å²) in [4.78, 5) is 12.5. The highest BCUT2D eigenvalue weighted by Crippen LogP contribution is 2.36. The number of halogens is 3. The zero-order chi connectivity index (χ0) is 17.6. The number of aromatic amines is 2. The number of aromatic nitrogens is 4. The van der Waals surface area contributed by atoms with Crippen LogP contribution in [0.3, 0.4) is 0 Å². The lowest BCUT2D eigenvalue weighted by Gasteiger charge is -2.22. The third kappa shape index (κ3) is 2.86. The van der Waals surface area contributed by atoms with Crippen LogP contribution in [0.15, 0.2) is 24.4 Å². The zero-order valence-corrected chi connectivity index (χ0v) is 12.9. The molecule has 1 amide bonds. The topological polar surface area (TPSA) is 86.5 Å². The molecule has 1 aliphatic carbocycles. The summed E-state index contributed by atoms with van der Waals surface area (Å²) in [5.41, 5.74) is 1.08. The molecule has 2 heterocycles. The van der Waals surface area contributed by atoms with Crippen molar-refractivity contribution in [3.8, 4) is 0 Å². The number of rotatable bonds is 2. The maximum absolute atomic E-state index is 13.0. The molecule has 1 aromatic carbocycles. The number of amides is 1. The van der Waals surface area contributed by atoms with Gasteiger partial charge in [0.25, 0.3) is 0 Å². The molecule has 0 radical (unpaired) electrons. The highest BCUT2D eigenvalue weighted by atomic mass is 19.4. The summed E-state index contributed by atoms with van der Waals surface area (Å²) in [6.45, 7) is 0. The molecule has 0 bridgehead atoms. The van der Waals surface area contributed by atoms with E-state index in [0.29, 0.717) is 24.2 Å². The number of fused-ring (bicyclic) bond motifs is 2. The maximum atomic E-state index is 13.0. The van der Waals surface area contributed by atoms with E-state index < -0.39 is 17.8 Å². The Labute approximate surface area is 139 Å². The van der Waals surface area contributed by atoms with Crippen LogP contribution in [0.4, 0.5) is 18.9 Å². The highest BCUT2D eigenvalue weighted by molar-refractivity contribution is 5.95. The molecule has 1 atom stereocenters. The van der Waals surface area contributed by atoms with Crippen molar-refractivity contribution in [1.82, 2.24) is 20.4 Å². The summed E-state index contributed by atoms with van der Waals surface area (Å²) in [6, 6.07) is 5.28. The van der Waals surface area contributed by atoms with E-state index in [4.69, 9.17) is 0 Å². The van der Waals surface area contributed by atoms with Crippen LogP contribution in [0.25, 0.3) is 10.9 Å². The fourth-order valence-corrected chi connectivity index (χ4v) is 3.22. The van der Waals surface area contributed by atoms with Gasteiger partial charge in [-0.1, -0.05) is 0 Å². The lowest BCUT2D eigenvalue weighted by molar-refractivity contribution is -0.142. The molecular weight excluding hydrogens is 335 g/mol. The quantitative estimate of drug-likeness (QED) is 0.665. The Bertz CT molecular complexity index is 943. The van der Waals surface area contributed by atoms with Gasteiger partial charge in [-0.15, -0.1) is 0 Å². The van der Waals surface area contributed by atoms with E-state index in [1.165, 1.54) is 0 Å². The minimum Gasteiger partial charge on any atom is -0.326 e. The second-order valence-electron chi connectivity index (χ2n) is 6.13. The van der Waals surface area contributed by atoms with Gasteiger partial charge in [0.05, 0.1) is 11.7 Å². The zero-order valence-electron chi connectivity index (χ0n) is 12.9. The molecule has 4 rings (SSSR count). The van der Waals surface area contributed by atoms with Crippen molar-refractivity contribution in [3.63, 3.8) is 0 Å². The molecule has 1 aliphatic rings. The Morgan fingerprint density at radius 2 is 2.12 bits per heavy atom. The molecule has 0 unspecified atom stereocenters. The summed E-state index contributed by atoms with van der Waals surface area (Å²) in [7, 11) is 0. The van der Waals surface area contributed by atoms with E-state index in [2.05, 4.69) is 25.7 Å². The lowest BCUT2D eigenvalue weighted by Crippen LogP contribution is -2.29. The van der Waals surface area contributed by atoms with Crippen molar-refractivity contribution in [3.05, 3.63) is 41.3 Å². The van der Waals surface area contributed by atoms with Gasteiger partial charge < -0.3 is 5.32 Å². The molecule has 3 aromatic rings. The predicted molar refractivity (Wildman–Crippen MR) is 83.8 cm³/mol. The van der Waals surface area contributed by atoms with Gasteiger partial charge in [-0.3, -0.25) is 15.0 Å². The SMILES string of the molecule is O=C(Nc1ccc2[nH]ncc2c1)[C@H]1CCc2[nH]nc(C(F)(F)F)c2C1. The first-order chi connectivity index (χ1) is 11.9. The van der Waals surface area contributed by atoms with Gasteiger partial charge in [-0.25, -0.2) is 0 Å². The number of hydrogen-bond acceptors (Lipinski definition) is 3. The third-order valence-corrected chi connectivity index (χ3v) is 4.49. The molecule has 0 fully saturated rings. The van der Waals surface area contributed by atoms with Crippen molar-refractivity contribution in [1.29, 1.82) is 0 Å². The third-order valence-electron chi connectivity index (χ3n) is 4.49. The number of anilines is 1. The summed E-state index contributed by atoms with van der Waals surface area (Å²) < 4.78 is 39.0. The number of carbonyl (C=O) groups excluding carboxylic acids is 1. The molecule has 9 heteroatoms. The molecule has 0 saturated carbocycles. The minimum atomic E-state index is -4.52. The summed E-state index contributed by atoms with van der Waals surface area (Å²) in [6.07, 6.45) is -2.00. The Hall–Kier alpha value is -2.84. The second-order valence-corrected chi connectivity index (χ2v) is 6.13. The number of H-pyrrole nitrogens is 2. The van der Waals surface area contributed by atoms with Crippen LogP contribution in [0.1, 0.15) is 23.4 Å². The van der Waals surface area contributed by atoms with E-state index in [1.54, 1.807) is 24.4 Å². The van der Waals surface area contributed by atoms with Crippen LogP contribution >= 0.6 is 0 Å². The first-order valence-corrected chi connectivity index (χ1v) is 7.79. The van der Waals surface area contributed by atoms with Gasteiger partial charge in [0.1, 0.15) is 0 Å². The van der Waals surface area contributed by atoms with E-state index in [0.717, 1.165) is 10.9 Å². The van der Waals surface area contributed by atoms with Crippen LogP contribution in [-0.4, -0.2) is 26.3 Å². The van der Waals surface area contributed by atoms with E-state index >= 15 is 0 Å². The molecule has 3 N–H and O–H groups in total. The minimum absolute atomic E-state index is 0.0282. The van der Waals surface area contributed by atoms with E-state index in [-0.39, 0.29) is 17.9 Å². The first kappa shape index (κ1) is 15.7. The molecule has 6 nitrogen and oxygen atoms in total. The summed E-state index contributed by atoms with van der Waals surface area (Å²) in [5, 5.41) is 16.2. The molecule has 130 valence electrons. The van der Waals surface area contributed by atoms with Crippen LogP contribution in [0.5, 0.6) is 0 Å². The van der Waals surface area contributed by atoms with Crippen molar-refractivity contribution < 1.29 is 18.0 Å². The molecule has 2 aromatic heterocycles. The number of hydrogen-bond donors (Lipinski definition) is 3. The smallest absolute Gasteiger partial charge is 0.326 e. The number of nitrogens with one attached hydrogen (secondary N) is 3. The van der Waals surface area contributed by atoms with Crippen LogP contribution in [0.2, 0.25) is 0 Å². The van der Waals surface area contributed by atoms with Gasteiger partial charge in [-0.2, -0.15) is 23.4 Å². The van der Waals surface area contributed by atoms with Crippen molar-refractivity contribution in [2.24, 2.45) is 5.92 Å². The molecule has 0 saturated heterocycles. The number of aryl methyl sites for hydroxylation is 1. The average Bonchev–Trinajstić information content (AvgIpc) is 3.19. The maximum Gasteiger partial charge on any atom is 0.435 e. The standard InChI is InChI=1S/C16H14F3N5O/c17-16(18,19)14-11-6-8(1-3-13(11)23-24-14)15(25)21-10-2-4-12-9(5-10)7-20-22-12/h2,4-5,7-8H,1,3,6H2,(H,20,22)(H,21,25)(H,23,24)/t8-/m0/s1. The van der Waals surface area contributed by atoms with Crippen molar-refractivity contribution >= 4 is 22.5 Å². The van der Waals surface area contributed by atoms with Crippen LogP contribution < -0.4 is 5.32 Å². The fourth-order valence-electron chi connectivity index (χ4n) is 3.22. The molecule has 0 aliphatic heterocycles. The fraction of sp³-hybridized carbons (Fsp3) is 0.312. The second kappa shape index (κ2) is 5.61. The molecular formula is C16H14F3N5O. The van der Waals surface area contributed by atoms with Gasteiger partial charge in [0, 0.05) is 28.2 Å². The Balaban J connectivity index is 1.52.